The molecular formula is C13H9F3O2. The Morgan fingerprint density at radius 1 is 0.778 bits per heavy atom. The van der Waals surface area contributed by atoms with E-state index in [1.54, 1.807) is 18.2 Å². The highest BCUT2D eigenvalue weighted by molar-refractivity contribution is 5.76. The summed E-state index contributed by atoms with van der Waals surface area (Å²) in [5, 5.41) is 19.0. The number of halogens is 3. The first-order chi connectivity index (χ1) is 8.41. The molecule has 0 saturated carbocycles. The van der Waals surface area contributed by atoms with Gasteiger partial charge in [0.15, 0.2) is 0 Å². The quantitative estimate of drug-likeness (QED) is 0.760. The van der Waals surface area contributed by atoms with Gasteiger partial charge in [0.25, 0.3) is 0 Å². The summed E-state index contributed by atoms with van der Waals surface area (Å²) >= 11 is 0. The van der Waals surface area contributed by atoms with E-state index >= 15 is 0 Å². The van der Waals surface area contributed by atoms with Crippen LogP contribution in [-0.4, -0.2) is 10.2 Å². The molecule has 0 fully saturated rings. The van der Waals surface area contributed by atoms with Crippen LogP contribution in [0.2, 0.25) is 0 Å². The molecule has 2 nitrogen and oxygen atoms in total. The van der Waals surface area contributed by atoms with Crippen molar-refractivity contribution in [1.29, 1.82) is 0 Å². The molecule has 0 spiro atoms. The van der Waals surface area contributed by atoms with Gasteiger partial charge in [-0.15, -0.1) is 0 Å². The lowest BCUT2D eigenvalue weighted by Crippen LogP contribution is -2.07. The van der Waals surface area contributed by atoms with Crippen molar-refractivity contribution >= 4 is 0 Å². The van der Waals surface area contributed by atoms with Gasteiger partial charge in [-0.3, -0.25) is 0 Å². The largest absolute Gasteiger partial charge is 0.507 e. The number of rotatable bonds is 1. The molecule has 0 atom stereocenters. The number of alkyl halides is 3. The zero-order valence-corrected chi connectivity index (χ0v) is 9.07. The number of aromatic hydroxyl groups is 2. The Balaban J connectivity index is 2.78. The third-order valence-electron chi connectivity index (χ3n) is 2.51. The molecule has 0 heterocycles. The van der Waals surface area contributed by atoms with Crippen LogP contribution in [0.3, 0.4) is 0 Å². The first kappa shape index (κ1) is 12.3. The molecule has 0 aliphatic rings. The summed E-state index contributed by atoms with van der Waals surface area (Å²) in [4.78, 5) is 0. The van der Waals surface area contributed by atoms with E-state index < -0.39 is 28.8 Å². The molecule has 0 unspecified atom stereocenters. The summed E-state index contributed by atoms with van der Waals surface area (Å²) in [5.41, 5.74) is -1.45. The van der Waals surface area contributed by atoms with Crippen LogP contribution in [0.5, 0.6) is 11.5 Å². The van der Waals surface area contributed by atoms with Gasteiger partial charge in [-0.2, -0.15) is 13.2 Å². The molecule has 0 aliphatic carbocycles. The summed E-state index contributed by atoms with van der Waals surface area (Å²) in [5.74, 6) is -1.43. The Morgan fingerprint density at radius 3 is 1.89 bits per heavy atom. The maximum atomic E-state index is 12.9. The fourth-order valence-electron chi connectivity index (χ4n) is 1.76. The van der Waals surface area contributed by atoms with Gasteiger partial charge in [0.1, 0.15) is 17.1 Å². The van der Waals surface area contributed by atoms with Gasteiger partial charge in [-0.25, -0.2) is 0 Å². The molecule has 2 aromatic carbocycles. The Hall–Kier alpha value is -2.17. The third kappa shape index (κ3) is 2.11. The minimum atomic E-state index is -4.74. The zero-order valence-electron chi connectivity index (χ0n) is 9.07. The van der Waals surface area contributed by atoms with Gasteiger partial charge < -0.3 is 10.2 Å². The molecule has 0 aromatic heterocycles. The highest BCUT2D eigenvalue weighted by Gasteiger charge is 2.38. The Morgan fingerprint density at radius 2 is 1.33 bits per heavy atom. The zero-order chi connectivity index (χ0) is 13.3. The molecule has 2 N–H and O–H groups in total. The Kier molecular flexibility index (Phi) is 2.90. The topological polar surface area (TPSA) is 40.5 Å². The van der Waals surface area contributed by atoms with Crippen LogP contribution in [0.1, 0.15) is 5.56 Å². The fraction of sp³-hybridized carbons (Fsp3) is 0.0769. The van der Waals surface area contributed by atoms with Crippen LogP contribution in [0, 0.1) is 0 Å². The highest BCUT2D eigenvalue weighted by Crippen LogP contribution is 2.46. The summed E-state index contributed by atoms with van der Waals surface area (Å²) in [6.45, 7) is 0. The number of hydrogen-bond donors (Lipinski definition) is 2. The first-order valence-corrected chi connectivity index (χ1v) is 5.09. The van der Waals surface area contributed by atoms with Crippen molar-refractivity contribution in [2.45, 2.75) is 6.18 Å². The van der Waals surface area contributed by atoms with E-state index in [0.29, 0.717) is 0 Å². The van der Waals surface area contributed by atoms with Crippen molar-refractivity contribution in [2.75, 3.05) is 0 Å². The molecule has 0 aliphatic heterocycles. The van der Waals surface area contributed by atoms with E-state index in [2.05, 4.69) is 0 Å². The molecule has 0 radical (unpaired) electrons. The van der Waals surface area contributed by atoms with Crippen molar-refractivity contribution in [2.24, 2.45) is 0 Å². The molecular weight excluding hydrogens is 245 g/mol. The number of phenolic OH excluding ortho intramolecular Hbond substituents is 2. The third-order valence-corrected chi connectivity index (χ3v) is 2.51. The Labute approximate surface area is 101 Å². The van der Waals surface area contributed by atoms with Crippen molar-refractivity contribution in [3.8, 4) is 22.6 Å². The summed E-state index contributed by atoms with van der Waals surface area (Å²) in [6, 6.07) is 9.49. The van der Waals surface area contributed by atoms with Crippen LogP contribution in [0.25, 0.3) is 11.1 Å². The second-order valence-electron chi connectivity index (χ2n) is 3.72. The number of hydrogen-bond acceptors (Lipinski definition) is 2. The predicted octanol–water partition coefficient (Wildman–Crippen LogP) is 3.78. The molecule has 18 heavy (non-hydrogen) atoms. The van der Waals surface area contributed by atoms with E-state index in [1.807, 2.05) is 0 Å². The van der Waals surface area contributed by atoms with Gasteiger partial charge in [-0.1, -0.05) is 30.3 Å². The summed E-state index contributed by atoms with van der Waals surface area (Å²) < 4.78 is 38.7. The molecule has 0 bridgehead atoms. The van der Waals surface area contributed by atoms with Gasteiger partial charge in [0.2, 0.25) is 0 Å². The average Bonchev–Trinajstić information content (AvgIpc) is 2.31. The van der Waals surface area contributed by atoms with E-state index in [-0.39, 0.29) is 5.56 Å². The molecule has 2 aromatic rings. The van der Waals surface area contributed by atoms with Crippen molar-refractivity contribution in [3.63, 3.8) is 0 Å². The predicted molar refractivity (Wildman–Crippen MR) is 60.2 cm³/mol. The van der Waals surface area contributed by atoms with Crippen LogP contribution in [0.15, 0.2) is 42.5 Å². The second kappa shape index (κ2) is 4.25. The standard InChI is InChI=1S/C13H9F3O2/c14-13(15,16)12-10(18)7-6-9(17)11(12)8-4-2-1-3-5-8/h1-7,17-18H. The molecule has 0 amide bonds. The van der Waals surface area contributed by atoms with E-state index in [9.17, 15) is 23.4 Å². The van der Waals surface area contributed by atoms with Crippen LogP contribution < -0.4 is 0 Å². The number of benzene rings is 2. The molecule has 94 valence electrons. The van der Waals surface area contributed by atoms with E-state index in [4.69, 9.17) is 0 Å². The lowest BCUT2D eigenvalue weighted by atomic mass is 9.97. The minimum absolute atomic E-state index is 0.193. The second-order valence-corrected chi connectivity index (χ2v) is 3.72. The average molecular weight is 254 g/mol. The minimum Gasteiger partial charge on any atom is -0.507 e. The van der Waals surface area contributed by atoms with Crippen LogP contribution in [0.4, 0.5) is 13.2 Å². The van der Waals surface area contributed by atoms with Crippen molar-refractivity contribution in [3.05, 3.63) is 48.0 Å². The maximum Gasteiger partial charge on any atom is 0.420 e. The van der Waals surface area contributed by atoms with E-state index in [1.165, 1.54) is 12.1 Å². The summed E-state index contributed by atoms with van der Waals surface area (Å²) in [7, 11) is 0. The van der Waals surface area contributed by atoms with Gasteiger partial charge in [0.05, 0.1) is 0 Å². The number of phenols is 2. The smallest absolute Gasteiger partial charge is 0.420 e. The summed E-state index contributed by atoms with van der Waals surface area (Å²) in [6.07, 6.45) is -4.74. The fourth-order valence-corrected chi connectivity index (χ4v) is 1.76. The highest BCUT2D eigenvalue weighted by atomic mass is 19.4. The normalized spacial score (nSPS) is 11.5. The van der Waals surface area contributed by atoms with Crippen LogP contribution >= 0.6 is 0 Å². The lowest BCUT2D eigenvalue weighted by molar-refractivity contribution is -0.138. The SMILES string of the molecule is Oc1ccc(O)c(C(F)(F)F)c1-c1ccccc1. The lowest BCUT2D eigenvalue weighted by Gasteiger charge is -2.15. The first-order valence-electron chi connectivity index (χ1n) is 5.09. The van der Waals surface area contributed by atoms with Crippen molar-refractivity contribution < 1.29 is 23.4 Å². The monoisotopic (exact) mass is 254 g/mol. The molecule has 0 saturated heterocycles. The van der Waals surface area contributed by atoms with Gasteiger partial charge in [-0.05, 0) is 17.7 Å². The van der Waals surface area contributed by atoms with Gasteiger partial charge in [0, 0.05) is 5.56 Å². The Bertz CT molecular complexity index is 562. The van der Waals surface area contributed by atoms with Gasteiger partial charge >= 0.3 is 6.18 Å². The van der Waals surface area contributed by atoms with Crippen molar-refractivity contribution in [1.82, 2.24) is 0 Å². The van der Waals surface area contributed by atoms with Crippen LogP contribution in [-0.2, 0) is 6.18 Å². The maximum absolute atomic E-state index is 12.9. The van der Waals surface area contributed by atoms with E-state index in [0.717, 1.165) is 12.1 Å². The molecule has 5 heteroatoms. The molecule has 2 rings (SSSR count).